The molecule has 0 N–H and O–H groups in total. The average Bonchev–Trinajstić information content (AvgIpc) is 2.77. The summed E-state index contributed by atoms with van der Waals surface area (Å²) < 4.78 is 0. The van der Waals surface area contributed by atoms with Crippen molar-refractivity contribution in [2.45, 2.75) is 10.1 Å². The van der Waals surface area contributed by atoms with Gasteiger partial charge in [-0.05, 0) is 23.9 Å². The van der Waals surface area contributed by atoms with Crippen molar-refractivity contribution in [3.8, 4) is 0 Å². The minimum absolute atomic E-state index is 0.997. The number of rotatable bonds is 0. The molecule has 0 bridgehead atoms. The smallest absolute Gasteiger partial charge is 0.136 e. The summed E-state index contributed by atoms with van der Waals surface area (Å²) in [6.07, 6.45) is 0. The molecule has 0 aliphatic carbocycles. The van der Waals surface area contributed by atoms with Crippen LogP contribution in [0.3, 0.4) is 0 Å². The molecule has 52 valence electrons. The van der Waals surface area contributed by atoms with E-state index in [4.69, 9.17) is 0 Å². The number of hydrogen-bond acceptors (Lipinski definition) is 3. The third kappa shape index (κ3) is 0.744. The summed E-state index contributed by atoms with van der Waals surface area (Å²) >= 11 is 1.66. The Morgan fingerprint density at radius 2 is 1.45 bits per heavy atom. The fraction of sp³-hybridized carbons (Fsp3) is 0. The molecule has 1 aromatic heterocycles. The Labute approximate surface area is 67.7 Å². The highest BCUT2D eigenvalue weighted by molar-refractivity contribution is 8.04. The van der Waals surface area contributed by atoms with Crippen LogP contribution in [-0.4, -0.2) is 9.97 Å². The zero-order valence-corrected chi connectivity index (χ0v) is 6.43. The van der Waals surface area contributed by atoms with Gasteiger partial charge in [0, 0.05) is 0 Å². The van der Waals surface area contributed by atoms with Crippen molar-refractivity contribution in [3.63, 3.8) is 0 Å². The molecule has 1 aliphatic rings. The Bertz CT molecular complexity index is 399. The molecule has 3 heteroatoms. The average molecular weight is 160 g/mol. The van der Waals surface area contributed by atoms with Gasteiger partial charge in [0.1, 0.15) is 10.1 Å². The Hall–Kier alpha value is -1.09. The van der Waals surface area contributed by atoms with Crippen LogP contribution in [0, 0.1) is 0 Å². The lowest BCUT2D eigenvalue weighted by molar-refractivity contribution is 1.06. The highest BCUT2D eigenvalue weighted by atomic mass is 32.2. The lowest BCUT2D eigenvalue weighted by Gasteiger charge is -1.89. The van der Waals surface area contributed by atoms with E-state index in [-0.39, 0.29) is 0 Å². The van der Waals surface area contributed by atoms with Crippen LogP contribution in [-0.2, 0) is 0 Å². The number of hydrogen-bond donors (Lipinski definition) is 0. The predicted molar refractivity (Wildman–Crippen MR) is 43.7 cm³/mol. The van der Waals surface area contributed by atoms with E-state index in [0.29, 0.717) is 0 Å². The van der Waals surface area contributed by atoms with Crippen LogP contribution in [0.15, 0.2) is 34.3 Å². The maximum Gasteiger partial charge on any atom is 0.136 e. The van der Waals surface area contributed by atoms with Crippen LogP contribution < -0.4 is 0 Å². The first-order valence-electron chi connectivity index (χ1n) is 3.38. The van der Waals surface area contributed by atoms with Crippen LogP contribution in [0.25, 0.3) is 11.0 Å². The van der Waals surface area contributed by atoms with Crippen molar-refractivity contribution in [1.29, 1.82) is 0 Å². The van der Waals surface area contributed by atoms with Gasteiger partial charge in [0.2, 0.25) is 0 Å². The molecule has 2 nitrogen and oxygen atoms in total. The van der Waals surface area contributed by atoms with Crippen LogP contribution in [0.2, 0.25) is 0 Å². The summed E-state index contributed by atoms with van der Waals surface area (Å²) in [7, 11) is 0. The summed E-state index contributed by atoms with van der Waals surface area (Å²) in [5, 5.41) is 2.17. The van der Waals surface area contributed by atoms with Crippen molar-refractivity contribution in [2.75, 3.05) is 0 Å². The number of nitrogens with zero attached hydrogens (tertiary/aromatic N) is 2. The van der Waals surface area contributed by atoms with Gasteiger partial charge < -0.3 is 0 Å². The Balaban J connectivity index is 2.51. The van der Waals surface area contributed by atoms with Crippen LogP contribution in [0.5, 0.6) is 0 Å². The Morgan fingerprint density at radius 1 is 0.909 bits per heavy atom. The molecule has 0 fully saturated rings. The minimum Gasteiger partial charge on any atom is -0.237 e. The van der Waals surface area contributed by atoms with E-state index in [0.717, 1.165) is 21.1 Å². The second-order valence-electron chi connectivity index (χ2n) is 2.42. The SMILES string of the molecule is c1ccc2nc3c(nc2c1)S3. The largest absolute Gasteiger partial charge is 0.237 e. The van der Waals surface area contributed by atoms with Crippen molar-refractivity contribution in [2.24, 2.45) is 0 Å². The molecule has 0 radical (unpaired) electrons. The van der Waals surface area contributed by atoms with Gasteiger partial charge in [0.15, 0.2) is 0 Å². The number of benzene rings is 1. The molecule has 3 rings (SSSR count). The second kappa shape index (κ2) is 1.74. The molecule has 2 aromatic rings. The monoisotopic (exact) mass is 160 g/mol. The second-order valence-corrected chi connectivity index (χ2v) is 3.40. The summed E-state index contributed by atoms with van der Waals surface area (Å²) in [6, 6.07) is 7.94. The van der Waals surface area contributed by atoms with Crippen molar-refractivity contribution in [3.05, 3.63) is 24.3 Å². The molecule has 0 atom stereocenters. The van der Waals surface area contributed by atoms with Gasteiger partial charge >= 0.3 is 0 Å². The standard InChI is InChI=1S/C8H4N2S/c1-2-4-6-5(3-1)9-7-8(10-6)11-7/h1-4H. The quantitative estimate of drug-likeness (QED) is 0.471. The molecule has 0 saturated heterocycles. The first kappa shape index (κ1) is 5.55. The van der Waals surface area contributed by atoms with Crippen LogP contribution in [0.4, 0.5) is 0 Å². The van der Waals surface area contributed by atoms with Gasteiger partial charge in [0.05, 0.1) is 11.0 Å². The van der Waals surface area contributed by atoms with E-state index >= 15 is 0 Å². The fourth-order valence-electron chi connectivity index (χ4n) is 1.08. The summed E-state index contributed by atoms with van der Waals surface area (Å²) in [5.74, 6) is 0. The first-order valence-corrected chi connectivity index (χ1v) is 4.20. The normalized spacial score (nSPS) is 13.1. The lowest BCUT2D eigenvalue weighted by Crippen LogP contribution is -1.78. The van der Waals surface area contributed by atoms with E-state index in [2.05, 4.69) is 9.97 Å². The van der Waals surface area contributed by atoms with E-state index in [9.17, 15) is 0 Å². The van der Waals surface area contributed by atoms with E-state index in [1.54, 1.807) is 11.8 Å². The molecule has 11 heavy (non-hydrogen) atoms. The molecule has 0 saturated carbocycles. The summed E-state index contributed by atoms with van der Waals surface area (Å²) in [5.41, 5.74) is 1.99. The van der Waals surface area contributed by atoms with Crippen LogP contribution in [0.1, 0.15) is 0 Å². The van der Waals surface area contributed by atoms with Crippen molar-refractivity contribution in [1.82, 2.24) is 9.97 Å². The van der Waals surface area contributed by atoms with Gasteiger partial charge in [-0.1, -0.05) is 12.1 Å². The lowest BCUT2D eigenvalue weighted by atomic mass is 10.3. The third-order valence-electron chi connectivity index (χ3n) is 1.66. The highest BCUT2D eigenvalue weighted by Gasteiger charge is 2.22. The van der Waals surface area contributed by atoms with Crippen LogP contribution >= 0.6 is 11.8 Å². The van der Waals surface area contributed by atoms with Gasteiger partial charge in [-0.25, -0.2) is 9.97 Å². The molecule has 1 aliphatic heterocycles. The molecular weight excluding hydrogens is 156 g/mol. The third-order valence-corrected chi connectivity index (χ3v) is 2.41. The maximum atomic E-state index is 4.37. The minimum atomic E-state index is 0.997. The highest BCUT2D eigenvalue weighted by Crippen LogP contribution is 2.45. The number of para-hydroxylation sites is 2. The van der Waals surface area contributed by atoms with Gasteiger partial charge in [0.25, 0.3) is 0 Å². The van der Waals surface area contributed by atoms with Gasteiger partial charge in [-0.15, -0.1) is 0 Å². The molecule has 0 amide bonds. The topological polar surface area (TPSA) is 25.8 Å². The van der Waals surface area contributed by atoms with Crippen molar-refractivity contribution >= 4 is 22.8 Å². The Morgan fingerprint density at radius 3 is 2.00 bits per heavy atom. The molecule has 0 spiro atoms. The molecule has 0 unspecified atom stereocenters. The number of fused-ring (bicyclic) bond motifs is 2. The zero-order valence-electron chi connectivity index (χ0n) is 5.61. The summed E-state index contributed by atoms with van der Waals surface area (Å²) in [6.45, 7) is 0. The van der Waals surface area contributed by atoms with E-state index < -0.39 is 0 Å². The van der Waals surface area contributed by atoms with E-state index in [1.807, 2.05) is 24.3 Å². The summed E-state index contributed by atoms with van der Waals surface area (Å²) in [4.78, 5) is 8.74. The predicted octanol–water partition coefficient (Wildman–Crippen LogP) is 2.09. The zero-order chi connectivity index (χ0) is 7.26. The first-order chi connectivity index (χ1) is 5.43. The van der Waals surface area contributed by atoms with Gasteiger partial charge in [-0.2, -0.15) is 0 Å². The van der Waals surface area contributed by atoms with Gasteiger partial charge in [-0.3, -0.25) is 0 Å². The van der Waals surface area contributed by atoms with E-state index in [1.165, 1.54) is 0 Å². The maximum absolute atomic E-state index is 4.37. The molecular formula is C8H4N2S. The molecule has 1 aromatic carbocycles. The van der Waals surface area contributed by atoms with Crippen molar-refractivity contribution < 1.29 is 0 Å². The Kier molecular flexibility index (Phi) is 0.876. The fourth-order valence-corrected chi connectivity index (χ4v) is 1.59. The number of aromatic nitrogens is 2. The molecule has 2 heterocycles.